The van der Waals surface area contributed by atoms with Crippen molar-refractivity contribution in [1.29, 1.82) is 0 Å². The Balaban J connectivity index is 2.37. The van der Waals surface area contributed by atoms with E-state index in [4.69, 9.17) is 19.9 Å². The number of nitrogens with two attached hydrogens (primary N) is 1. The highest BCUT2D eigenvalue weighted by atomic mass is 16.7. The second-order valence-electron chi connectivity index (χ2n) is 7.17. The van der Waals surface area contributed by atoms with Gasteiger partial charge in [-0.05, 0) is 25.8 Å². The van der Waals surface area contributed by atoms with E-state index in [0.717, 1.165) is 25.7 Å². The third kappa shape index (κ3) is 9.37. The predicted molar refractivity (Wildman–Crippen MR) is 106 cm³/mol. The minimum atomic E-state index is -1.11. The molecule has 1 heterocycles. The first-order valence-corrected chi connectivity index (χ1v) is 10.3. The molecule has 1 saturated heterocycles. The summed E-state index contributed by atoms with van der Waals surface area (Å²) in [6, 6.07) is -0.845. The number of aliphatic hydroxyl groups is 2. The molecule has 0 aromatic rings. The second-order valence-corrected chi connectivity index (χ2v) is 7.17. The molecule has 1 rings (SSSR count). The van der Waals surface area contributed by atoms with E-state index in [0.29, 0.717) is 25.9 Å². The van der Waals surface area contributed by atoms with E-state index >= 15 is 0 Å². The Labute approximate surface area is 172 Å². The van der Waals surface area contributed by atoms with Gasteiger partial charge in [-0.2, -0.15) is 0 Å². The predicted octanol–water partition coefficient (Wildman–Crippen LogP) is -0.984. The summed E-state index contributed by atoms with van der Waals surface area (Å²) < 4.78 is 16.5. The molecule has 0 spiro atoms. The molecule has 0 aliphatic carbocycles. The average Bonchev–Trinajstić information content (AvgIpc) is 2.69. The Bertz CT molecular complexity index is 481. The normalized spacial score (nSPS) is 26.9. The zero-order valence-electron chi connectivity index (χ0n) is 17.5. The van der Waals surface area contributed by atoms with E-state index in [1.807, 2.05) is 0 Å². The van der Waals surface area contributed by atoms with Crippen molar-refractivity contribution >= 4 is 11.8 Å². The first kappa shape index (κ1) is 25.7. The number of hydrogen-bond acceptors (Lipinski definition) is 8. The van der Waals surface area contributed by atoms with E-state index in [9.17, 15) is 19.8 Å². The number of amides is 2. The maximum absolute atomic E-state index is 11.9. The Hall–Kier alpha value is -1.30. The lowest BCUT2D eigenvalue weighted by Gasteiger charge is -2.43. The Morgan fingerprint density at radius 1 is 1.17 bits per heavy atom. The fourth-order valence-corrected chi connectivity index (χ4v) is 3.26. The third-order valence-electron chi connectivity index (χ3n) is 4.78. The molecule has 1 fully saturated rings. The lowest BCUT2D eigenvalue weighted by Crippen LogP contribution is -2.65. The lowest BCUT2D eigenvalue weighted by molar-refractivity contribution is -0.274. The largest absolute Gasteiger partial charge is 0.394 e. The molecular weight excluding hydrogens is 382 g/mol. The van der Waals surface area contributed by atoms with Crippen LogP contribution in [0, 0.1) is 0 Å². The van der Waals surface area contributed by atoms with E-state index < -0.39 is 30.6 Å². The lowest BCUT2D eigenvalue weighted by atomic mass is 9.96. The van der Waals surface area contributed by atoms with Crippen LogP contribution in [0.4, 0.5) is 0 Å². The average molecular weight is 420 g/mol. The van der Waals surface area contributed by atoms with Gasteiger partial charge >= 0.3 is 0 Å². The molecule has 29 heavy (non-hydrogen) atoms. The number of aliphatic hydroxyl groups excluding tert-OH is 2. The second kappa shape index (κ2) is 14.6. The van der Waals surface area contributed by atoms with E-state index in [-0.39, 0.29) is 25.0 Å². The number of carbonyl (C=O) groups is 2. The van der Waals surface area contributed by atoms with Gasteiger partial charge in [0.2, 0.25) is 11.8 Å². The minimum absolute atomic E-state index is 0.0527. The van der Waals surface area contributed by atoms with Gasteiger partial charge in [0.05, 0.1) is 13.2 Å². The summed E-state index contributed by atoms with van der Waals surface area (Å²) in [7, 11) is 1.39. The van der Waals surface area contributed by atoms with Crippen molar-refractivity contribution in [3.63, 3.8) is 0 Å². The van der Waals surface area contributed by atoms with Gasteiger partial charge in [0, 0.05) is 27.0 Å². The summed E-state index contributed by atoms with van der Waals surface area (Å²) in [6.45, 7) is 2.50. The van der Waals surface area contributed by atoms with Crippen LogP contribution in [0.2, 0.25) is 0 Å². The van der Waals surface area contributed by atoms with Gasteiger partial charge in [-0.1, -0.05) is 12.8 Å². The summed E-state index contributed by atoms with van der Waals surface area (Å²) in [4.78, 5) is 23.3. The third-order valence-corrected chi connectivity index (χ3v) is 4.78. The molecule has 6 N–H and O–H groups in total. The molecule has 2 amide bonds. The van der Waals surface area contributed by atoms with Gasteiger partial charge in [-0.3, -0.25) is 9.59 Å². The van der Waals surface area contributed by atoms with Crippen LogP contribution in [0.3, 0.4) is 0 Å². The molecule has 0 saturated carbocycles. The highest BCUT2D eigenvalue weighted by Gasteiger charge is 2.46. The standard InChI is InChI=1S/C19H37N3O7/c1-13(24)22-16-17(26)18(27-2)14(12-23)29-19(16)28-11-7-8-15(25)21-10-6-4-3-5-9-20/h14,16-19,23,26H,3-12,20H2,1-2H3,(H,21,25)(H,22,24). The molecule has 0 radical (unpaired) electrons. The summed E-state index contributed by atoms with van der Waals surface area (Å²) >= 11 is 0. The summed E-state index contributed by atoms with van der Waals surface area (Å²) in [5.74, 6) is -0.405. The molecule has 10 heteroatoms. The monoisotopic (exact) mass is 419 g/mol. The van der Waals surface area contributed by atoms with Crippen molar-refractivity contribution < 1.29 is 34.0 Å². The number of rotatable bonds is 14. The first-order valence-electron chi connectivity index (χ1n) is 10.3. The van der Waals surface area contributed by atoms with E-state index in [1.54, 1.807) is 0 Å². The zero-order chi connectivity index (χ0) is 21.6. The quantitative estimate of drug-likeness (QED) is 0.225. The van der Waals surface area contributed by atoms with Gasteiger partial charge in [-0.25, -0.2) is 0 Å². The first-order chi connectivity index (χ1) is 13.9. The maximum Gasteiger partial charge on any atom is 0.220 e. The molecule has 0 bridgehead atoms. The molecule has 170 valence electrons. The molecule has 10 nitrogen and oxygen atoms in total. The molecule has 1 aliphatic rings. The topological polar surface area (TPSA) is 152 Å². The molecule has 0 aromatic carbocycles. The molecular formula is C19H37N3O7. The number of methoxy groups -OCH3 is 1. The van der Waals surface area contributed by atoms with Gasteiger partial charge in [-0.15, -0.1) is 0 Å². The van der Waals surface area contributed by atoms with Gasteiger partial charge < -0.3 is 40.8 Å². The van der Waals surface area contributed by atoms with Crippen LogP contribution < -0.4 is 16.4 Å². The van der Waals surface area contributed by atoms with Crippen molar-refractivity contribution in [1.82, 2.24) is 10.6 Å². The Morgan fingerprint density at radius 3 is 2.52 bits per heavy atom. The van der Waals surface area contributed by atoms with Crippen molar-refractivity contribution in [3.8, 4) is 0 Å². The van der Waals surface area contributed by atoms with Crippen LogP contribution in [0.5, 0.6) is 0 Å². The van der Waals surface area contributed by atoms with Crippen LogP contribution in [0.25, 0.3) is 0 Å². The maximum atomic E-state index is 11.9. The molecule has 1 aliphatic heterocycles. The summed E-state index contributed by atoms with van der Waals surface area (Å²) in [6.07, 6.45) is 1.16. The fourth-order valence-electron chi connectivity index (χ4n) is 3.26. The van der Waals surface area contributed by atoms with Gasteiger partial charge in [0.1, 0.15) is 24.4 Å². The number of nitrogens with one attached hydrogen (secondary N) is 2. The van der Waals surface area contributed by atoms with E-state index in [2.05, 4.69) is 10.6 Å². The Kier molecular flexibility index (Phi) is 13.0. The summed E-state index contributed by atoms with van der Waals surface area (Å²) in [5.41, 5.74) is 5.44. The van der Waals surface area contributed by atoms with Gasteiger partial charge in [0.25, 0.3) is 0 Å². The Morgan fingerprint density at radius 2 is 1.90 bits per heavy atom. The smallest absolute Gasteiger partial charge is 0.220 e. The SMILES string of the molecule is COC1C(CO)OC(OCCCC(=O)NCCCCCCN)C(NC(C)=O)C1O. The minimum Gasteiger partial charge on any atom is -0.394 e. The van der Waals surface area contributed by atoms with Crippen molar-refractivity contribution in [2.24, 2.45) is 5.73 Å². The summed E-state index contributed by atoms with van der Waals surface area (Å²) in [5, 5.41) is 25.4. The van der Waals surface area contributed by atoms with Gasteiger partial charge in [0.15, 0.2) is 6.29 Å². The number of ether oxygens (including phenoxy) is 3. The van der Waals surface area contributed by atoms with Crippen molar-refractivity contribution in [2.75, 3.05) is 33.4 Å². The number of hydrogen-bond donors (Lipinski definition) is 5. The number of carbonyl (C=O) groups excluding carboxylic acids is 2. The van der Waals surface area contributed by atoms with Crippen molar-refractivity contribution in [2.45, 2.75) is 76.1 Å². The molecule has 5 atom stereocenters. The highest BCUT2D eigenvalue weighted by Crippen LogP contribution is 2.24. The highest BCUT2D eigenvalue weighted by molar-refractivity contribution is 5.75. The molecule has 0 aromatic heterocycles. The zero-order valence-corrected chi connectivity index (χ0v) is 17.5. The van der Waals surface area contributed by atoms with Crippen LogP contribution in [-0.2, 0) is 23.8 Å². The van der Waals surface area contributed by atoms with Crippen LogP contribution in [0.15, 0.2) is 0 Å². The van der Waals surface area contributed by atoms with Crippen LogP contribution >= 0.6 is 0 Å². The van der Waals surface area contributed by atoms with Crippen molar-refractivity contribution in [3.05, 3.63) is 0 Å². The van der Waals surface area contributed by atoms with Crippen LogP contribution in [0.1, 0.15) is 45.4 Å². The van der Waals surface area contributed by atoms with E-state index in [1.165, 1.54) is 14.0 Å². The molecule has 5 unspecified atom stereocenters. The fraction of sp³-hybridized carbons (Fsp3) is 0.895. The number of unbranched alkanes of at least 4 members (excludes halogenated alkanes) is 3. The van der Waals surface area contributed by atoms with Crippen LogP contribution in [-0.4, -0.2) is 86.1 Å².